The van der Waals surface area contributed by atoms with Crippen molar-refractivity contribution in [1.82, 2.24) is 15.5 Å². The molecule has 1 saturated heterocycles. The van der Waals surface area contributed by atoms with E-state index in [4.69, 9.17) is 5.11 Å². The Morgan fingerprint density at radius 2 is 2.25 bits per heavy atom. The largest absolute Gasteiger partial charge is 0.480 e. The molecule has 0 bridgehead atoms. The predicted molar refractivity (Wildman–Crippen MR) is 61.4 cm³/mol. The molecule has 114 valence electrons. The zero-order valence-electron chi connectivity index (χ0n) is 10.5. The predicted octanol–water partition coefficient (Wildman–Crippen LogP) is -1.14. The van der Waals surface area contributed by atoms with Crippen molar-refractivity contribution in [2.45, 2.75) is 12.5 Å². The van der Waals surface area contributed by atoms with Crippen LogP contribution in [-0.2, 0) is 14.3 Å². The second-order valence-corrected chi connectivity index (χ2v) is 3.98. The van der Waals surface area contributed by atoms with Crippen LogP contribution in [0.3, 0.4) is 0 Å². The Hall–Kier alpha value is -1.97. The quantitative estimate of drug-likeness (QED) is 0.537. The molecule has 0 aromatic heterocycles. The van der Waals surface area contributed by atoms with Crippen LogP contribution in [0.5, 0.6) is 0 Å². The topological polar surface area (TPSA) is 108 Å². The molecule has 1 fully saturated rings. The highest BCUT2D eigenvalue weighted by Crippen LogP contribution is 2.04. The van der Waals surface area contributed by atoms with E-state index in [9.17, 15) is 23.2 Å². The maximum absolute atomic E-state index is 11.8. The van der Waals surface area contributed by atoms with Crippen LogP contribution in [0.2, 0.25) is 0 Å². The number of rotatable bonds is 6. The summed E-state index contributed by atoms with van der Waals surface area (Å²) in [6.07, 6.45) is -2.59. The Balaban J connectivity index is 2.39. The van der Waals surface area contributed by atoms with Crippen LogP contribution in [0.1, 0.15) is 0 Å². The van der Waals surface area contributed by atoms with E-state index in [0.29, 0.717) is 0 Å². The number of alkyl halides is 2. The number of piperazine rings is 1. The number of carboxylic acid groups (broad SMARTS) is 1. The molecule has 8 nitrogen and oxygen atoms in total. The number of urea groups is 1. The fourth-order valence-corrected chi connectivity index (χ4v) is 1.58. The Kier molecular flexibility index (Phi) is 6.10. The molecule has 1 aliphatic heterocycles. The van der Waals surface area contributed by atoms with Crippen molar-refractivity contribution in [2.75, 3.05) is 32.8 Å². The van der Waals surface area contributed by atoms with Crippen LogP contribution >= 0.6 is 0 Å². The monoisotopic (exact) mass is 295 g/mol. The molecule has 0 saturated carbocycles. The summed E-state index contributed by atoms with van der Waals surface area (Å²) in [5.74, 6) is -1.71. The zero-order valence-corrected chi connectivity index (χ0v) is 10.5. The van der Waals surface area contributed by atoms with Gasteiger partial charge in [0.1, 0.15) is 19.2 Å². The van der Waals surface area contributed by atoms with Crippen LogP contribution in [-0.4, -0.2) is 73.2 Å². The van der Waals surface area contributed by atoms with Crippen molar-refractivity contribution in [3.63, 3.8) is 0 Å². The van der Waals surface area contributed by atoms with Gasteiger partial charge in [-0.1, -0.05) is 0 Å². The van der Waals surface area contributed by atoms with Gasteiger partial charge in [0, 0.05) is 13.1 Å². The average molecular weight is 295 g/mol. The molecular formula is C10H15F2N3O5. The molecule has 0 spiro atoms. The number of nitrogens with zero attached hydrogens (tertiary/aromatic N) is 1. The highest BCUT2D eigenvalue weighted by Gasteiger charge is 2.34. The lowest BCUT2D eigenvalue weighted by Crippen LogP contribution is -2.61. The number of carbonyl (C=O) groups excluding carboxylic acids is 2. The third-order valence-corrected chi connectivity index (χ3v) is 2.50. The maximum atomic E-state index is 11.8. The summed E-state index contributed by atoms with van der Waals surface area (Å²) in [5.41, 5.74) is 0. The number of halogens is 2. The van der Waals surface area contributed by atoms with Gasteiger partial charge in [-0.05, 0) is 0 Å². The molecule has 1 aliphatic rings. The fourth-order valence-electron chi connectivity index (χ4n) is 1.58. The normalized spacial score (nSPS) is 18.9. The van der Waals surface area contributed by atoms with E-state index < -0.39 is 37.0 Å². The second-order valence-electron chi connectivity index (χ2n) is 3.98. The molecule has 3 N–H and O–H groups in total. The Labute approximate surface area is 113 Å². The minimum absolute atomic E-state index is 0.0595. The summed E-state index contributed by atoms with van der Waals surface area (Å²) in [6.45, 7) is -1.48. The summed E-state index contributed by atoms with van der Waals surface area (Å²) < 4.78 is 28.1. The van der Waals surface area contributed by atoms with Gasteiger partial charge in [-0.2, -0.15) is 0 Å². The number of amides is 3. The van der Waals surface area contributed by atoms with Crippen molar-refractivity contribution in [1.29, 1.82) is 0 Å². The second kappa shape index (κ2) is 7.58. The highest BCUT2D eigenvalue weighted by atomic mass is 19.3. The molecule has 3 amide bonds. The number of nitrogens with one attached hydrogen (secondary N) is 2. The molecule has 10 heteroatoms. The van der Waals surface area contributed by atoms with E-state index in [1.807, 2.05) is 0 Å². The summed E-state index contributed by atoms with van der Waals surface area (Å²) in [6, 6.07) is -1.91. The van der Waals surface area contributed by atoms with E-state index in [1.165, 1.54) is 0 Å². The summed E-state index contributed by atoms with van der Waals surface area (Å²) >= 11 is 0. The fraction of sp³-hybridized carbons (Fsp3) is 0.700. The lowest BCUT2D eigenvalue weighted by atomic mass is 10.2. The van der Waals surface area contributed by atoms with E-state index >= 15 is 0 Å². The van der Waals surface area contributed by atoms with Gasteiger partial charge in [0.15, 0.2) is 0 Å². The van der Waals surface area contributed by atoms with Crippen molar-refractivity contribution in [3.8, 4) is 0 Å². The number of hydrogen-bond donors (Lipinski definition) is 3. The number of hydrogen-bond acceptors (Lipinski definition) is 4. The first-order valence-electron chi connectivity index (χ1n) is 5.81. The first-order valence-corrected chi connectivity index (χ1v) is 5.81. The summed E-state index contributed by atoms with van der Waals surface area (Å²) in [4.78, 5) is 34.7. The molecule has 1 unspecified atom stereocenters. The van der Waals surface area contributed by atoms with Gasteiger partial charge in [0.2, 0.25) is 5.91 Å². The van der Waals surface area contributed by atoms with Crippen molar-refractivity contribution in [2.24, 2.45) is 0 Å². The van der Waals surface area contributed by atoms with E-state index in [0.717, 1.165) is 4.90 Å². The van der Waals surface area contributed by atoms with Gasteiger partial charge >= 0.3 is 12.0 Å². The first-order chi connectivity index (χ1) is 9.41. The van der Waals surface area contributed by atoms with Crippen LogP contribution in [0.4, 0.5) is 13.6 Å². The molecule has 0 aliphatic carbocycles. The van der Waals surface area contributed by atoms with Crippen LogP contribution in [0.25, 0.3) is 0 Å². The minimum atomic E-state index is -2.59. The van der Waals surface area contributed by atoms with Gasteiger partial charge in [-0.15, -0.1) is 0 Å². The number of aliphatic carboxylic acids is 1. The average Bonchev–Trinajstić information content (AvgIpc) is 2.37. The Bertz CT molecular complexity index is 380. The van der Waals surface area contributed by atoms with Gasteiger partial charge in [-0.3, -0.25) is 9.69 Å². The number of carbonyl (C=O) groups is 3. The zero-order chi connectivity index (χ0) is 15.1. The Morgan fingerprint density at radius 1 is 1.55 bits per heavy atom. The molecule has 0 aromatic rings. The number of ether oxygens (including phenoxy) is 1. The highest BCUT2D eigenvalue weighted by molar-refractivity contribution is 5.90. The number of carboxylic acids is 1. The van der Waals surface area contributed by atoms with Crippen molar-refractivity contribution >= 4 is 17.9 Å². The maximum Gasteiger partial charge on any atom is 0.328 e. The smallest absolute Gasteiger partial charge is 0.328 e. The minimum Gasteiger partial charge on any atom is -0.480 e. The van der Waals surface area contributed by atoms with E-state index in [1.54, 1.807) is 0 Å². The van der Waals surface area contributed by atoms with Crippen molar-refractivity contribution < 1.29 is 33.0 Å². The molecule has 0 aromatic carbocycles. The standard InChI is InChI=1S/C10H15F2N3O5/c11-7(12)5-20-2-1-13-10(19)15-4-8(16)14-3-6(15)9(17)18/h6-7H,1-5H2,(H,13,19)(H,14,16)(H,17,18). The van der Waals surface area contributed by atoms with Crippen LogP contribution in [0, 0.1) is 0 Å². The lowest BCUT2D eigenvalue weighted by Gasteiger charge is -2.32. The molecule has 0 radical (unpaired) electrons. The molecule has 20 heavy (non-hydrogen) atoms. The van der Waals surface area contributed by atoms with E-state index in [2.05, 4.69) is 15.4 Å². The third-order valence-electron chi connectivity index (χ3n) is 2.50. The van der Waals surface area contributed by atoms with Gasteiger partial charge in [0.05, 0.1) is 6.61 Å². The van der Waals surface area contributed by atoms with Crippen LogP contribution < -0.4 is 10.6 Å². The summed E-state index contributed by atoms with van der Waals surface area (Å²) in [7, 11) is 0. The van der Waals surface area contributed by atoms with E-state index in [-0.39, 0.29) is 26.2 Å². The van der Waals surface area contributed by atoms with Gasteiger partial charge in [0.25, 0.3) is 6.43 Å². The molecule has 1 rings (SSSR count). The lowest BCUT2D eigenvalue weighted by molar-refractivity contribution is -0.144. The van der Waals surface area contributed by atoms with Crippen LogP contribution in [0.15, 0.2) is 0 Å². The molecule has 1 heterocycles. The van der Waals surface area contributed by atoms with Gasteiger partial charge < -0.3 is 20.5 Å². The Morgan fingerprint density at radius 3 is 2.85 bits per heavy atom. The molecule has 1 atom stereocenters. The van der Waals surface area contributed by atoms with Crippen molar-refractivity contribution in [3.05, 3.63) is 0 Å². The molecular weight excluding hydrogens is 280 g/mol. The summed E-state index contributed by atoms with van der Waals surface area (Å²) in [5, 5.41) is 13.6. The third kappa shape index (κ3) is 4.96. The first kappa shape index (κ1) is 16.1. The SMILES string of the molecule is O=C1CN(C(=O)NCCOCC(F)F)C(C(=O)O)CN1. The van der Waals surface area contributed by atoms with Gasteiger partial charge in [-0.25, -0.2) is 18.4 Å².